The summed E-state index contributed by atoms with van der Waals surface area (Å²) in [6.45, 7) is 4.22. The standard InChI is InChI=1S/C14H17N3O2S.ClH/c1-8-4-5-10(9(2)13(8)19-3)17-14(18)11-7-20-12(6-15)16-11;/h4-5,7H,6,15H2,1-3H3,(H,17,18);1H. The maximum atomic E-state index is 12.1. The molecule has 2 rings (SSSR count). The molecule has 7 heteroatoms. The van der Waals surface area contributed by atoms with Crippen LogP contribution in [0.15, 0.2) is 17.5 Å². The summed E-state index contributed by atoms with van der Waals surface area (Å²) >= 11 is 1.38. The van der Waals surface area contributed by atoms with E-state index in [2.05, 4.69) is 10.3 Å². The lowest BCUT2D eigenvalue weighted by Gasteiger charge is -2.13. The van der Waals surface area contributed by atoms with Gasteiger partial charge in [-0.3, -0.25) is 4.79 Å². The molecule has 0 aliphatic heterocycles. The van der Waals surface area contributed by atoms with Gasteiger partial charge >= 0.3 is 0 Å². The summed E-state index contributed by atoms with van der Waals surface area (Å²) in [5.41, 5.74) is 8.53. The van der Waals surface area contributed by atoms with Crippen LogP contribution in [0.4, 0.5) is 5.69 Å². The number of aryl methyl sites for hydroxylation is 1. The van der Waals surface area contributed by atoms with Crippen molar-refractivity contribution in [2.75, 3.05) is 12.4 Å². The number of nitrogens with one attached hydrogen (secondary N) is 1. The molecule has 21 heavy (non-hydrogen) atoms. The van der Waals surface area contributed by atoms with Crippen LogP contribution in [0, 0.1) is 13.8 Å². The van der Waals surface area contributed by atoms with E-state index in [-0.39, 0.29) is 18.3 Å². The van der Waals surface area contributed by atoms with Crippen LogP contribution in [0.25, 0.3) is 0 Å². The summed E-state index contributed by atoms with van der Waals surface area (Å²) in [6, 6.07) is 3.77. The van der Waals surface area contributed by atoms with E-state index in [1.807, 2.05) is 26.0 Å². The highest BCUT2D eigenvalue weighted by atomic mass is 35.5. The minimum Gasteiger partial charge on any atom is -0.496 e. The third-order valence-corrected chi connectivity index (χ3v) is 3.89. The molecule has 0 aliphatic rings. The van der Waals surface area contributed by atoms with Gasteiger partial charge in [-0.05, 0) is 25.5 Å². The van der Waals surface area contributed by atoms with Crippen molar-refractivity contribution in [3.8, 4) is 5.75 Å². The maximum absolute atomic E-state index is 12.1. The Labute approximate surface area is 133 Å². The van der Waals surface area contributed by atoms with Gasteiger partial charge in [0.15, 0.2) is 0 Å². The van der Waals surface area contributed by atoms with Gasteiger partial charge in [-0.1, -0.05) is 6.07 Å². The van der Waals surface area contributed by atoms with Gasteiger partial charge in [-0.25, -0.2) is 4.98 Å². The molecule has 0 radical (unpaired) electrons. The van der Waals surface area contributed by atoms with E-state index in [9.17, 15) is 4.79 Å². The highest BCUT2D eigenvalue weighted by Gasteiger charge is 2.14. The first kappa shape index (κ1) is 17.4. The fourth-order valence-corrected chi connectivity index (χ4v) is 2.63. The number of carbonyl (C=O) groups excluding carboxylic acids is 1. The number of ether oxygens (including phenoxy) is 1. The number of amides is 1. The van der Waals surface area contributed by atoms with Gasteiger partial charge in [-0.2, -0.15) is 0 Å². The Kier molecular flexibility index (Phi) is 6.14. The quantitative estimate of drug-likeness (QED) is 0.905. The number of hydrogen-bond donors (Lipinski definition) is 2. The highest BCUT2D eigenvalue weighted by molar-refractivity contribution is 7.09. The number of rotatable bonds is 4. The lowest BCUT2D eigenvalue weighted by Crippen LogP contribution is -2.14. The zero-order valence-corrected chi connectivity index (χ0v) is 13.7. The predicted molar refractivity (Wildman–Crippen MR) is 87.7 cm³/mol. The van der Waals surface area contributed by atoms with Gasteiger partial charge in [0.25, 0.3) is 5.91 Å². The van der Waals surface area contributed by atoms with Gasteiger partial charge in [0.05, 0.1) is 7.11 Å². The van der Waals surface area contributed by atoms with Crippen LogP contribution in [0.5, 0.6) is 5.75 Å². The van der Waals surface area contributed by atoms with Crippen molar-refractivity contribution in [2.45, 2.75) is 20.4 Å². The molecule has 0 saturated carbocycles. The van der Waals surface area contributed by atoms with Gasteiger partial charge in [0.2, 0.25) is 0 Å². The van der Waals surface area contributed by atoms with E-state index in [0.717, 1.165) is 27.6 Å². The Hall–Kier alpha value is -1.63. The van der Waals surface area contributed by atoms with Crippen LogP contribution in [-0.2, 0) is 6.54 Å². The van der Waals surface area contributed by atoms with E-state index in [1.165, 1.54) is 11.3 Å². The maximum Gasteiger partial charge on any atom is 0.275 e. The highest BCUT2D eigenvalue weighted by Crippen LogP contribution is 2.29. The second-order valence-electron chi connectivity index (χ2n) is 4.37. The van der Waals surface area contributed by atoms with E-state index in [1.54, 1.807) is 12.5 Å². The first-order valence-corrected chi connectivity index (χ1v) is 7.04. The topological polar surface area (TPSA) is 77.2 Å². The molecular weight excluding hydrogens is 310 g/mol. The number of carbonyl (C=O) groups is 1. The first-order chi connectivity index (χ1) is 9.56. The summed E-state index contributed by atoms with van der Waals surface area (Å²) in [5, 5.41) is 5.30. The summed E-state index contributed by atoms with van der Waals surface area (Å²) in [4.78, 5) is 16.3. The number of nitrogens with zero attached hydrogens (tertiary/aromatic N) is 1. The van der Waals surface area contributed by atoms with Crippen molar-refractivity contribution in [3.05, 3.63) is 39.3 Å². The molecule has 0 bridgehead atoms. The number of anilines is 1. The largest absolute Gasteiger partial charge is 0.496 e. The Balaban J connectivity index is 0.00000220. The van der Waals surface area contributed by atoms with Gasteiger partial charge in [0.1, 0.15) is 16.5 Å². The number of nitrogens with two attached hydrogens (primary N) is 1. The summed E-state index contributed by atoms with van der Waals surface area (Å²) < 4.78 is 5.34. The molecule has 1 aromatic heterocycles. The van der Waals surface area contributed by atoms with Crippen LogP contribution in [0.1, 0.15) is 26.6 Å². The molecule has 0 saturated heterocycles. The second kappa shape index (κ2) is 7.40. The predicted octanol–water partition coefficient (Wildman–Crippen LogP) is 2.90. The number of methoxy groups -OCH3 is 1. The van der Waals surface area contributed by atoms with Gasteiger partial charge in [-0.15, -0.1) is 23.7 Å². The Bertz CT molecular complexity index is 643. The van der Waals surface area contributed by atoms with E-state index < -0.39 is 0 Å². The number of thiazole rings is 1. The van der Waals surface area contributed by atoms with Gasteiger partial charge < -0.3 is 15.8 Å². The average molecular weight is 328 g/mol. The third-order valence-electron chi connectivity index (χ3n) is 3.01. The lowest BCUT2D eigenvalue weighted by molar-refractivity contribution is 0.102. The molecule has 3 N–H and O–H groups in total. The number of aromatic nitrogens is 1. The third kappa shape index (κ3) is 3.72. The Morgan fingerprint density at radius 3 is 2.71 bits per heavy atom. The van der Waals surface area contributed by atoms with Crippen molar-refractivity contribution in [2.24, 2.45) is 5.73 Å². The fraction of sp³-hybridized carbons (Fsp3) is 0.286. The molecule has 2 aromatic rings. The zero-order chi connectivity index (χ0) is 14.7. The number of hydrogen-bond acceptors (Lipinski definition) is 5. The van der Waals surface area contributed by atoms with E-state index >= 15 is 0 Å². The molecule has 1 heterocycles. The van der Waals surface area contributed by atoms with Crippen LogP contribution < -0.4 is 15.8 Å². The molecule has 0 fully saturated rings. The molecule has 5 nitrogen and oxygen atoms in total. The Morgan fingerprint density at radius 2 is 2.14 bits per heavy atom. The minimum atomic E-state index is -0.241. The lowest BCUT2D eigenvalue weighted by atomic mass is 10.1. The molecule has 114 valence electrons. The smallest absolute Gasteiger partial charge is 0.275 e. The SMILES string of the molecule is COc1c(C)ccc(NC(=O)c2csc(CN)n2)c1C.Cl. The van der Waals surface area contributed by atoms with Crippen LogP contribution in [-0.4, -0.2) is 18.0 Å². The molecule has 1 aromatic carbocycles. The zero-order valence-electron chi connectivity index (χ0n) is 12.1. The fourth-order valence-electron chi connectivity index (χ4n) is 1.97. The molecule has 0 spiro atoms. The van der Waals surface area contributed by atoms with Crippen molar-refractivity contribution in [3.63, 3.8) is 0 Å². The molecule has 0 aliphatic carbocycles. The van der Waals surface area contributed by atoms with Crippen molar-refractivity contribution < 1.29 is 9.53 Å². The molecule has 1 amide bonds. The van der Waals surface area contributed by atoms with Crippen LogP contribution in [0.3, 0.4) is 0 Å². The van der Waals surface area contributed by atoms with Crippen molar-refractivity contribution >= 4 is 35.3 Å². The molecule has 0 unspecified atom stereocenters. The Morgan fingerprint density at radius 1 is 1.43 bits per heavy atom. The molecular formula is C14H18ClN3O2S. The summed E-state index contributed by atoms with van der Waals surface area (Å²) in [6.07, 6.45) is 0. The normalized spacial score (nSPS) is 9.90. The van der Waals surface area contributed by atoms with Crippen LogP contribution >= 0.6 is 23.7 Å². The van der Waals surface area contributed by atoms with E-state index in [4.69, 9.17) is 10.5 Å². The van der Waals surface area contributed by atoms with Crippen LogP contribution in [0.2, 0.25) is 0 Å². The second-order valence-corrected chi connectivity index (χ2v) is 5.32. The number of benzene rings is 1. The van der Waals surface area contributed by atoms with E-state index in [0.29, 0.717) is 12.2 Å². The average Bonchev–Trinajstić information content (AvgIpc) is 2.91. The summed E-state index contributed by atoms with van der Waals surface area (Å²) in [7, 11) is 1.62. The summed E-state index contributed by atoms with van der Waals surface area (Å²) in [5.74, 6) is 0.540. The minimum absolute atomic E-state index is 0. The van der Waals surface area contributed by atoms with Gasteiger partial charge in [0, 0.05) is 23.2 Å². The first-order valence-electron chi connectivity index (χ1n) is 6.16. The molecule has 0 atom stereocenters. The van der Waals surface area contributed by atoms with Crippen molar-refractivity contribution in [1.82, 2.24) is 4.98 Å². The van der Waals surface area contributed by atoms with Crippen molar-refractivity contribution in [1.29, 1.82) is 0 Å². The monoisotopic (exact) mass is 327 g/mol. The number of halogens is 1.